The Kier molecular flexibility index (Phi) is 8.04. The standard InChI is InChI=1S/C21H22N2O7/c1-14(2)19(22-21(26)30-12-15-7-4-3-5-8-15)20(25)29-13-18(24)16-9-6-10-17(11-16)23(27)28/h3-11,14,19H,12-13H2,1-2H3,(H,22,26)/t19-/m0/s1. The molecule has 2 aromatic rings. The smallest absolute Gasteiger partial charge is 0.408 e. The molecule has 0 unspecified atom stereocenters. The van der Waals surface area contributed by atoms with E-state index in [-0.39, 0.29) is 23.8 Å². The Hall–Kier alpha value is -3.75. The highest BCUT2D eigenvalue weighted by molar-refractivity contribution is 5.98. The maximum atomic E-state index is 12.4. The normalized spacial score (nSPS) is 11.4. The summed E-state index contributed by atoms with van der Waals surface area (Å²) in [5.41, 5.74) is 0.599. The Morgan fingerprint density at radius 2 is 1.73 bits per heavy atom. The first kappa shape index (κ1) is 22.5. The molecule has 0 heterocycles. The van der Waals surface area contributed by atoms with Crippen molar-refractivity contribution in [2.75, 3.05) is 6.61 Å². The average molecular weight is 414 g/mol. The molecule has 0 radical (unpaired) electrons. The number of carbonyl (C=O) groups excluding carboxylic acids is 3. The number of nitro benzene ring substituents is 1. The van der Waals surface area contributed by atoms with E-state index in [9.17, 15) is 24.5 Å². The molecule has 2 rings (SSSR count). The largest absolute Gasteiger partial charge is 0.456 e. The van der Waals surface area contributed by atoms with Crippen molar-refractivity contribution in [3.05, 3.63) is 75.8 Å². The monoisotopic (exact) mass is 414 g/mol. The number of carbonyl (C=O) groups is 3. The van der Waals surface area contributed by atoms with Gasteiger partial charge in [0.15, 0.2) is 6.61 Å². The van der Waals surface area contributed by atoms with Crippen LogP contribution in [0.4, 0.5) is 10.5 Å². The van der Waals surface area contributed by atoms with Crippen molar-refractivity contribution in [2.45, 2.75) is 26.5 Å². The molecule has 0 aliphatic carbocycles. The Morgan fingerprint density at radius 1 is 1.03 bits per heavy atom. The average Bonchev–Trinajstić information content (AvgIpc) is 2.74. The number of esters is 1. The van der Waals surface area contributed by atoms with Gasteiger partial charge in [0, 0.05) is 17.7 Å². The van der Waals surface area contributed by atoms with E-state index in [0.717, 1.165) is 11.6 Å². The zero-order valence-corrected chi connectivity index (χ0v) is 16.6. The number of amides is 1. The highest BCUT2D eigenvalue weighted by Gasteiger charge is 2.27. The van der Waals surface area contributed by atoms with Gasteiger partial charge < -0.3 is 14.8 Å². The van der Waals surface area contributed by atoms with Gasteiger partial charge in [-0.15, -0.1) is 0 Å². The zero-order chi connectivity index (χ0) is 22.1. The molecule has 1 amide bonds. The molecule has 9 nitrogen and oxygen atoms in total. The molecule has 0 aliphatic rings. The molecule has 0 saturated carbocycles. The third-order valence-electron chi connectivity index (χ3n) is 4.13. The van der Waals surface area contributed by atoms with E-state index >= 15 is 0 Å². The number of nitrogens with zero attached hydrogens (tertiary/aromatic N) is 1. The maximum absolute atomic E-state index is 12.4. The van der Waals surface area contributed by atoms with E-state index in [4.69, 9.17) is 9.47 Å². The molecule has 1 atom stereocenters. The molecular formula is C21H22N2O7. The van der Waals surface area contributed by atoms with Crippen molar-refractivity contribution in [3.63, 3.8) is 0 Å². The Bertz CT molecular complexity index is 913. The van der Waals surface area contributed by atoms with Crippen molar-refractivity contribution >= 4 is 23.5 Å². The summed E-state index contributed by atoms with van der Waals surface area (Å²) in [6.45, 7) is 2.83. The maximum Gasteiger partial charge on any atom is 0.408 e. The summed E-state index contributed by atoms with van der Waals surface area (Å²) in [7, 11) is 0. The number of ether oxygens (including phenoxy) is 2. The molecule has 30 heavy (non-hydrogen) atoms. The van der Waals surface area contributed by atoms with E-state index in [2.05, 4.69) is 5.32 Å². The fraction of sp³-hybridized carbons (Fsp3) is 0.286. The van der Waals surface area contributed by atoms with Gasteiger partial charge in [-0.05, 0) is 11.5 Å². The lowest BCUT2D eigenvalue weighted by atomic mass is 10.1. The van der Waals surface area contributed by atoms with Crippen LogP contribution in [0.3, 0.4) is 0 Å². The third kappa shape index (κ3) is 6.69. The Labute approximate surface area is 173 Å². The molecular weight excluding hydrogens is 392 g/mol. The van der Waals surface area contributed by atoms with Crippen LogP contribution < -0.4 is 5.32 Å². The van der Waals surface area contributed by atoms with Gasteiger partial charge in [-0.3, -0.25) is 14.9 Å². The minimum Gasteiger partial charge on any atom is -0.456 e. The number of nitrogens with one attached hydrogen (secondary N) is 1. The molecule has 0 fully saturated rings. The van der Waals surface area contributed by atoms with Gasteiger partial charge >= 0.3 is 12.1 Å². The van der Waals surface area contributed by atoms with Crippen molar-refractivity contribution in [1.82, 2.24) is 5.32 Å². The second-order valence-electron chi connectivity index (χ2n) is 6.77. The van der Waals surface area contributed by atoms with Crippen LogP contribution in [-0.4, -0.2) is 35.4 Å². The van der Waals surface area contributed by atoms with Crippen LogP contribution in [0.5, 0.6) is 0 Å². The number of rotatable bonds is 9. The van der Waals surface area contributed by atoms with Crippen LogP contribution in [-0.2, 0) is 20.9 Å². The van der Waals surface area contributed by atoms with Crippen molar-refractivity contribution in [1.29, 1.82) is 0 Å². The summed E-state index contributed by atoms with van der Waals surface area (Å²) in [5, 5.41) is 13.2. The van der Waals surface area contributed by atoms with Gasteiger partial charge in [0.2, 0.25) is 5.78 Å². The van der Waals surface area contributed by atoms with Crippen LogP contribution in [0.15, 0.2) is 54.6 Å². The number of Topliss-reactive ketones (excluding diaryl/α,β-unsaturated/α-hetero) is 1. The van der Waals surface area contributed by atoms with Crippen LogP contribution in [0.25, 0.3) is 0 Å². The van der Waals surface area contributed by atoms with Gasteiger partial charge in [-0.25, -0.2) is 9.59 Å². The molecule has 2 aromatic carbocycles. The van der Waals surface area contributed by atoms with Crippen molar-refractivity contribution in [3.8, 4) is 0 Å². The second kappa shape index (κ2) is 10.7. The number of benzene rings is 2. The predicted octanol–water partition coefficient (Wildman–Crippen LogP) is 3.27. The lowest BCUT2D eigenvalue weighted by Gasteiger charge is -2.20. The summed E-state index contributed by atoms with van der Waals surface area (Å²) < 4.78 is 10.1. The van der Waals surface area contributed by atoms with Crippen LogP contribution in [0.2, 0.25) is 0 Å². The Morgan fingerprint density at radius 3 is 2.37 bits per heavy atom. The first-order valence-electron chi connectivity index (χ1n) is 9.19. The second-order valence-corrected chi connectivity index (χ2v) is 6.77. The highest BCUT2D eigenvalue weighted by Crippen LogP contribution is 2.14. The predicted molar refractivity (Wildman–Crippen MR) is 107 cm³/mol. The minimum absolute atomic E-state index is 0.0395. The number of alkyl carbamates (subject to hydrolysis) is 1. The molecule has 0 saturated heterocycles. The Balaban J connectivity index is 1.90. The lowest BCUT2D eigenvalue weighted by Crippen LogP contribution is -2.45. The fourth-order valence-corrected chi connectivity index (χ4v) is 2.49. The molecule has 9 heteroatoms. The zero-order valence-electron chi connectivity index (χ0n) is 16.6. The number of hydrogen-bond donors (Lipinski definition) is 1. The highest BCUT2D eigenvalue weighted by atomic mass is 16.6. The van der Waals surface area contributed by atoms with Gasteiger partial charge in [-0.1, -0.05) is 56.3 Å². The quantitative estimate of drug-likeness (QED) is 0.289. The fourth-order valence-electron chi connectivity index (χ4n) is 2.49. The van der Waals surface area contributed by atoms with Crippen LogP contribution in [0, 0.1) is 16.0 Å². The molecule has 0 aromatic heterocycles. The minimum atomic E-state index is -1.02. The number of ketones is 1. The van der Waals surface area contributed by atoms with Crippen molar-refractivity contribution in [2.24, 2.45) is 5.92 Å². The number of non-ortho nitro benzene ring substituents is 1. The van der Waals surface area contributed by atoms with Crippen molar-refractivity contribution < 1.29 is 28.8 Å². The molecule has 158 valence electrons. The van der Waals surface area contributed by atoms with Gasteiger partial charge in [0.05, 0.1) is 4.92 Å². The summed E-state index contributed by atoms with van der Waals surface area (Å²) in [4.78, 5) is 46.8. The first-order chi connectivity index (χ1) is 14.3. The van der Waals surface area contributed by atoms with E-state index in [1.807, 2.05) is 18.2 Å². The summed E-state index contributed by atoms with van der Waals surface area (Å²) in [6, 6.07) is 13.1. The third-order valence-corrected chi connectivity index (χ3v) is 4.13. The van der Waals surface area contributed by atoms with E-state index in [0.29, 0.717) is 0 Å². The summed E-state index contributed by atoms with van der Waals surface area (Å²) in [6.07, 6.45) is -0.792. The lowest BCUT2D eigenvalue weighted by molar-refractivity contribution is -0.384. The van der Waals surface area contributed by atoms with Gasteiger partial charge in [0.25, 0.3) is 5.69 Å². The van der Waals surface area contributed by atoms with Crippen LogP contribution >= 0.6 is 0 Å². The summed E-state index contributed by atoms with van der Waals surface area (Å²) in [5.74, 6) is -1.73. The first-order valence-corrected chi connectivity index (χ1v) is 9.19. The van der Waals surface area contributed by atoms with Crippen LogP contribution in [0.1, 0.15) is 29.8 Å². The number of nitro groups is 1. The topological polar surface area (TPSA) is 125 Å². The van der Waals surface area contributed by atoms with Gasteiger partial charge in [-0.2, -0.15) is 0 Å². The van der Waals surface area contributed by atoms with E-state index < -0.39 is 35.4 Å². The van der Waals surface area contributed by atoms with Gasteiger partial charge in [0.1, 0.15) is 12.6 Å². The molecule has 0 aliphatic heterocycles. The summed E-state index contributed by atoms with van der Waals surface area (Å²) >= 11 is 0. The molecule has 0 bridgehead atoms. The molecule has 1 N–H and O–H groups in total. The SMILES string of the molecule is CC(C)[C@H](NC(=O)OCc1ccccc1)C(=O)OCC(=O)c1cccc([N+](=O)[O-])c1. The van der Waals surface area contributed by atoms with E-state index in [1.54, 1.807) is 26.0 Å². The molecule has 0 spiro atoms. The number of hydrogen-bond acceptors (Lipinski definition) is 7. The van der Waals surface area contributed by atoms with E-state index in [1.165, 1.54) is 18.2 Å².